The molecule has 0 bridgehead atoms. The number of esters is 2. The van der Waals surface area contributed by atoms with Crippen molar-refractivity contribution in [3.8, 4) is 10.6 Å². The predicted octanol–water partition coefficient (Wildman–Crippen LogP) is 3.04. The zero-order chi connectivity index (χ0) is 18.3. The standard InChI is InChI=1S/C18H17N3O4S/c1-3-21-16-12(9-19-21)11(8-13(20-16)15-5-4-6-26-15)17(22)25-14-7-10(2)24-18(14)23/h4-6,8-10,14H,3,7H2,1-2H3/t10-,14+/m1/s1. The first-order chi connectivity index (χ1) is 12.6. The van der Waals surface area contributed by atoms with Crippen LogP contribution in [0.5, 0.6) is 0 Å². The molecule has 3 aromatic heterocycles. The van der Waals surface area contributed by atoms with Crippen molar-refractivity contribution in [3.63, 3.8) is 0 Å². The van der Waals surface area contributed by atoms with E-state index in [9.17, 15) is 9.59 Å². The number of carbonyl (C=O) groups excluding carboxylic acids is 2. The van der Waals surface area contributed by atoms with Crippen LogP contribution in [0, 0.1) is 0 Å². The van der Waals surface area contributed by atoms with Crippen molar-refractivity contribution in [2.24, 2.45) is 0 Å². The van der Waals surface area contributed by atoms with E-state index in [0.717, 1.165) is 4.88 Å². The van der Waals surface area contributed by atoms with Gasteiger partial charge in [-0.05, 0) is 31.4 Å². The van der Waals surface area contributed by atoms with Gasteiger partial charge < -0.3 is 9.47 Å². The molecule has 4 heterocycles. The SMILES string of the molecule is CCn1ncc2c(C(=O)O[C@H]3C[C@@H](C)OC3=O)cc(-c3cccs3)nc21. The number of fused-ring (bicyclic) bond motifs is 1. The Labute approximate surface area is 153 Å². The number of carbonyl (C=O) groups is 2. The first-order valence-electron chi connectivity index (χ1n) is 8.38. The summed E-state index contributed by atoms with van der Waals surface area (Å²) in [7, 11) is 0. The smallest absolute Gasteiger partial charge is 0.347 e. The molecule has 0 amide bonds. The Bertz CT molecular complexity index is 980. The fraction of sp³-hybridized carbons (Fsp3) is 0.333. The van der Waals surface area contributed by atoms with Gasteiger partial charge >= 0.3 is 11.9 Å². The molecule has 1 saturated heterocycles. The number of thiophene rings is 1. The number of nitrogens with zero attached hydrogens (tertiary/aromatic N) is 3. The number of hydrogen-bond donors (Lipinski definition) is 0. The Morgan fingerprint density at radius 2 is 2.35 bits per heavy atom. The summed E-state index contributed by atoms with van der Waals surface area (Å²) in [6.07, 6.45) is 0.857. The van der Waals surface area contributed by atoms with Gasteiger partial charge in [-0.3, -0.25) is 0 Å². The van der Waals surface area contributed by atoms with Crippen molar-refractivity contribution in [2.75, 3.05) is 0 Å². The molecule has 1 aliphatic heterocycles. The van der Waals surface area contributed by atoms with Crippen molar-refractivity contribution >= 4 is 34.3 Å². The van der Waals surface area contributed by atoms with E-state index in [2.05, 4.69) is 10.1 Å². The topological polar surface area (TPSA) is 83.3 Å². The molecule has 7 nitrogen and oxygen atoms in total. The van der Waals surface area contributed by atoms with Crippen LogP contribution < -0.4 is 0 Å². The van der Waals surface area contributed by atoms with Crippen LogP contribution in [-0.2, 0) is 20.8 Å². The van der Waals surface area contributed by atoms with Crippen LogP contribution >= 0.6 is 11.3 Å². The summed E-state index contributed by atoms with van der Waals surface area (Å²) in [6, 6.07) is 5.56. The van der Waals surface area contributed by atoms with Crippen LogP contribution in [0.3, 0.4) is 0 Å². The van der Waals surface area contributed by atoms with E-state index in [1.807, 2.05) is 24.4 Å². The van der Waals surface area contributed by atoms with E-state index in [-0.39, 0.29) is 6.10 Å². The van der Waals surface area contributed by atoms with Crippen molar-refractivity contribution in [1.82, 2.24) is 14.8 Å². The molecule has 0 radical (unpaired) electrons. The fourth-order valence-electron chi connectivity index (χ4n) is 3.01. The first kappa shape index (κ1) is 16.7. The van der Waals surface area contributed by atoms with E-state index in [1.54, 1.807) is 23.9 Å². The molecule has 0 N–H and O–H groups in total. The molecule has 3 aromatic rings. The average Bonchev–Trinajstić information content (AvgIpc) is 3.34. The van der Waals surface area contributed by atoms with Crippen LogP contribution in [0.15, 0.2) is 29.8 Å². The predicted molar refractivity (Wildman–Crippen MR) is 95.9 cm³/mol. The minimum atomic E-state index is -0.868. The summed E-state index contributed by atoms with van der Waals surface area (Å²) in [5.74, 6) is -1.07. The van der Waals surface area contributed by atoms with E-state index in [0.29, 0.717) is 35.3 Å². The fourth-order valence-corrected chi connectivity index (χ4v) is 3.69. The molecule has 134 valence electrons. The number of aromatic nitrogens is 3. The third-order valence-corrected chi connectivity index (χ3v) is 5.17. The van der Waals surface area contributed by atoms with E-state index >= 15 is 0 Å². The van der Waals surface area contributed by atoms with E-state index in [4.69, 9.17) is 9.47 Å². The first-order valence-corrected chi connectivity index (χ1v) is 9.26. The van der Waals surface area contributed by atoms with Gasteiger partial charge in [0.15, 0.2) is 5.65 Å². The summed E-state index contributed by atoms with van der Waals surface area (Å²) in [5.41, 5.74) is 1.65. The Hall–Kier alpha value is -2.74. The highest BCUT2D eigenvalue weighted by molar-refractivity contribution is 7.13. The second kappa shape index (κ2) is 6.53. The third-order valence-electron chi connectivity index (χ3n) is 4.28. The zero-order valence-corrected chi connectivity index (χ0v) is 15.2. The van der Waals surface area contributed by atoms with Gasteiger partial charge in [0, 0.05) is 13.0 Å². The molecule has 26 heavy (non-hydrogen) atoms. The highest BCUT2D eigenvalue weighted by Crippen LogP contribution is 2.29. The summed E-state index contributed by atoms with van der Waals surface area (Å²) < 4.78 is 12.2. The third kappa shape index (κ3) is 2.86. The summed E-state index contributed by atoms with van der Waals surface area (Å²) >= 11 is 1.54. The Kier molecular flexibility index (Phi) is 4.20. The largest absolute Gasteiger partial charge is 0.460 e. The van der Waals surface area contributed by atoms with Gasteiger partial charge in [-0.15, -0.1) is 11.3 Å². The summed E-state index contributed by atoms with van der Waals surface area (Å²) in [6.45, 7) is 4.36. The van der Waals surface area contributed by atoms with Gasteiger partial charge in [0.05, 0.1) is 27.7 Å². The molecule has 2 atom stereocenters. The maximum atomic E-state index is 12.8. The number of ether oxygens (including phenoxy) is 2. The van der Waals surface area contributed by atoms with Crippen LogP contribution in [0.1, 0.15) is 30.6 Å². The van der Waals surface area contributed by atoms with Gasteiger partial charge in [0.1, 0.15) is 6.10 Å². The minimum Gasteiger partial charge on any atom is -0.460 e. The van der Waals surface area contributed by atoms with Crippen molar-refractivity contribution in [3.05, 3.63) is 35.3 Å². The molecule has 0 spiro atoms. The number of cyclic esters (lactones) is 1. The van der Waals surface area contributed by atoms with E-state index < -0.39 is 18.0 Å². The lowest BCUT2D eigenvalue weighted by atomic mass is 10.1. The maximum absolute atomic E-state index is 12.8. The lowest BCUT2D eigenvalue weighted by molar-refractivity contribution is -0.147. The zero-order valence-electron chi connectivity index (χ0n) is 14.3. The Balaban J connectivity index is 1.76. The highest BCUT2D eigenvalue weighted by atomic mass is 32.1. The maximum Gasteiger partial charge on any atom is 0.347 e. The molecular weight excluding hydrogens is 354 g/mol. The Morgan fingerprint density at radius 1 is 1.50 bits per heavy atom. The minimum absolute atomic E-state index is 0.248. The van der Waals surface area contributed by atoms with Gasteiger partial charge in [-0.1, -0.05) is 6.07 Å². The van der Waals surface area contributed by atoms with Gasteiger partial charge in [0.2, 0.25) is 6.10 Å². The van der Waals surface area contributed by atoms with Gasteiger partial charge in [-0.25, -0.2) is 19.3 Å². The molecule has 0 saturated carbocycles. The number of pyridine rings is 1. The number of rotatable bonds is 4. The van der Waals surface area contributed by atoms with Crippen molar-refractivity contribution < 1.29 is 19.1 Å². The molecule has 1 fully saturated rings. The normalized spacial score (nSPS) is 19.7. The molecule has 0 aromatic carbocycles. The number of hydrogen-bond acceptors (Lipinski definition) is 7. The second-order valence-electron chi connectivity index (χ2n) is 6.11. The van der Waals surface area contributed by atoms with Crippen molar-refractivity contribution in [2.45, 2.75) is 39.0 Å². The average molecular weight is 371 g/mol. The van der Waals surface area contributed by atoms with Crippen molar-refractivity contribution in [1.29, 1.82) is 0 Å². The molecule has 8 heteroatoms. The molecule has 4 rings (SSSR count). The van der Waals surface area contributed by atoms with Crippen LogP contribution in [-0.4, -0.2) is 38.9 Å². The summed E-state index contributed by atoms with van der Waals surface area (Å²) in [4.78, 5) is 30.2. The lowest BCUT2D eigenvalue weighted by Crippen LogP contribution is -2.23. The molecule has 0 aliphatic carbocycles. The lowest BCUT2D eigenvalue weighted by Gasteiger charge is -2.10. The monoisotopic (exact) mass is 371 g/mol. The van der Waals surface area contributed by atoms with Crippen LogP contribution in [0.2, 0.25) is 0 Å². The van der Waals surface area contributed by atoms with Gasteiger partial charge in [-0.2, -0.15) is 5.10 Å². The van der Waals surface area contributed by atoms with Gasteiger partial charge in [0.25, 0.3) is 0 Å². The summed E-state index contributed by atoms with van der Waals surface area (Å²) in [5, 5.41) is 6.85. The van der Waals surface area contributed by atoms with E-state index in [1.165, 1.54) is 11.3 Å². The Morgan fingerprint density at radius 3 is 3.00 bits per heavy atom. The highest BCUT2D eigenvalue weighted by Gasteiger charge is 2.35. The quantitative estimate of drug-likeness (QED) is 0.656. The van der Waals surface area contributed by atoms with Crippen LogP contribution in [0.4, 0.5) is 0 Å². The number of aryl methyl sites for hydroxylation is 1. The molecule has 1 aliphatic rings. The molecular formula is C18H17N3O4S. The van der Waals surface area contributed by atoms with Crippen LogP contribution in [0.25, 0.3) is 21.6 Å². The second-order valence-corrected chi connectivity index (χ2v) is 7.05. The molecule has 0 unspecified atom stereocenters.